The highest BCUT2D eigenvalue weighted by molar-refractivity contribution is 9.09. The Kier molecular flexibility index (Phi) is 7.27. The number of esters is 1. The van der Waals surface area contributed by atoms with Gasteiger partial charge in [-0.3, -0.25) is 9.59 Å². The molecule has 0 bridgehead atoms. The van der Waals surface area contributed by atoms with Gasteiger partial charge in [0.15, 0.2) is 0 Å². The molecule has 0 N–H and O–H groups in total. The van der Waals surface area contributed by atoms with Crippen LogP contribution in [0.3, 0.4) is 0 Å². The fourth-order valence-corrected chi connectivity index (χ4v) is 3.01. The van der Waals surface area contributed by atoms with Crippen molar-refractivity contribution in [2.75, 3.05) is 6.61 Å². The Morgan fingerprint density at radius 1 is 1.00 bits per heavy atom. The maximum atomic E-state index is 12.5. The molecule has 0 spiro atoms. The lowest BCUT2D eigenvalue weighted by molar-refractivity contribution is -0.158. The van der Waals surface area contributed by atoms with Crippen LogP contribution in [0.5, 0.6) is 17.2 Å². The first-order valence-electron chi connectivity index (χ1n) is 8.29. The molecule has 0 fully saturated rings. The third-order valence-corrected chi connectivity index (χ3v) is 4.58. The lowest BCUT2D eigenvalue weighted by Crippen LogP contribution is -2.41. The van der Waals surface area contributed by atoms with Gasteiger partial charge in [0.05, 0.1) is 6.61 Å². The minimum absolute atomic E-state index is 0.207. The molecule has 0 saturated carbocycles. The summed E-state index contributed by atoms with van der Waals surface area (Å²) < 4.78 is 16.2. The van der Waals surface area contributed by atoms with E-state index in [4.69, 9.17) is 25.8 Å². The van der Waals surface area contributed by atoms with E-state index in [1.165, 1.54) is 13.8 Å². The van der Waals surface area contributed by atoms with Crippen LogP contribution in [0.2, 0.25) is 5.02 Å². The van der Waals surface area contributed by atoms with E-state index in [-0.39, 0.29) is 6.61 Å². The maximum absolute atomic E-state index is 12.5. The minimum Gasteiger partial charge on any atom is -0.471 e. The molecule has 5 nitrogen and oxygen atoms in total. The molecule has 7 heteroatoms. The molecule has 1 atom stereocenters. The average molecular weight is 456 g/mol. The average Bonchev–Trinajstić information content (AvgIpc) is 2.64. The van der Waals surface area contributed by atoms with Crippen LogP contribution in [0, 0.1) is 5.41 Å². The van der Waals surface area contributed by atoms with Crippen LogP contribution in [0.1, 0.15) is 20.8 Å². The van der Waals surface area contributed by atoms with E-state index in [0.717, 1.165) is 0 Å². The van der Waals surface area contributed by atoms with E-state index in [1.807, 2.05) is 0 Å². The third-order valence-electron chi connectivity index (χ3n) is 3.72. The van der Waals surface area contributed by atoms with E-state index < -0.39 is 22.2 Å². The quantitative estimate of drug-likeness (QED) is 0.303. The first-order valence-corrected chi connectivity index (χ1v) is 9.59. The summed E-state index contributed by atoms with van der Waals surface area (Å²) in [7, 11) is 0. The second-order valence-corrected chi connectivity index (χ2v) is 7.44. The summed E-state index contributed by atoms with van der Waals surface area (Å²) in [6.45, 7) is 4.91. The first-order chi connectivity index (χ1) is 12.7. The lowest BCUT2D eigenvalue weighted by Gasteiger charge is -2.24. The predicted octanol–water partition coefficient (Wildman–Crippen LogP) is 5.39. The van der Waals surface area contributed by atoms with Crippen LogP contribution >= 0.6 is 27.5 Å². The zero-order chi connectivity index (χ0) is 20.0. The molecule has 0 aromatic heterocycles. The number of hydrogen-bond acceptors (Lipinski definition) is 5. The van der Waals surface area contributed by atoms with Gasteiger partial charge in [-0.2, -0.15) is 0 Å². The molecule has 27 heavy (non-hydrogen) atoms. The second kappa shape index (κ2) is 9.24. The fourth-order valence-electron chi connectivity index (χ4n) is 2.09. The standard InChI is InChI=1S/C20H20BrClO5/c1-4-25-19(24)20(2,3)17(23)18(21)27-16-11-9-15(10-12-16)26-14-7-5-13(22)6-8-14/h5-12,18H,4H2,1-3H3. The molecule has 0 saturated heterocycles. The Morgan fingerprint density at radius 3 is 2.00 bits per heavy atom. The lowest BCUT2D eigenvalue weighted by atomic mass is 9.88. The highest BCUT2D eigenvalue weighted by Gasteiger charge is 2.41. The molecule has 0 aliphatic rings. The largest absolute Gasteiger partial charge is 0.471 e. The summed E-state index contributed by atoms with van der Waals surface area (Å²) in [6.07, 6.45) is 0. The second-order valence-electron chi connectivity index (χ2n) is 6.17. The van der Waals surface area contributed by atoms with Crippen molar-refractivity contribution in [3.05, 3.63) is 53.6 Å². The van der Waals surface area contributed by atoms with E-state index in [2.05, 4.69) is 15.9 Å². The van der Waals surface area contributed by atoms with Gasteiger partial charge in [-0.05, 0) is 85.2 Å². The first kappa shape index (κ1) is 21.3. The van der Waals surface area contributed by atoms with Gasteiger partial charge in [0.1, 0.15) is 22.7 Å². The number of carbonyl (C=O) groups is 2. The summed E-state index contributed by atoms with van der Waals surface area (Å²) >= 11 is 9.04. The predicted molar refractivity (Wildman–Crippen MR) is 107 cm³/mol. The molecule has 0 amide bonds. The smallest absolute Gasteiger partial charge is 0.319 e. The monoisotopic (exact) mass is 454 g/mol. The van der Waals surface area contributed by atoms with Crippen molar-refractivity contribution in [1.29, 1.82) is 0 Å². The molecule has 1 unspecified atom stereocenters. The molecule has 0 heterocycles. The van der Waals surface area contributed by atoms with Crippen LogP contribution in [-0.4, -0.2) is 23.4 Å². The third kappa shape index (κ3) is 5.71. The number of hydrogen-bond donors (Lipinski definition) is 0. The van der Waals surface area contributed by atoms with Gasteiger partial charge in [-0.15, -0.1) is 0 Å². The van der Waals surface area contributed by atoms with Gasteiger partial charge >= 0.3 is 5.97 Å². The van der Waals surface area contributed by atoms with Crippen molar-refractivity contribution in [2.45, 2.75) is 25.8 Å². The van der Waals surface area contributed by atoms with Crippen molar-refractivity contribution in [3.63, 3.8) is 0 Å². The summed E-state index contributed by atoms with van der Waals surface area (Å²) in [5, 5.41) is -0.357. The Labute approximate surface area is 171 Å². The zero-order valence-corrected chi connectivity index (χ0v) is 17.5. The van der Waals surface area contributed by atoms with Gasteiger partial charge in [-0.1, -0.05) is 11.6 Å². The fraction of sp³-hybridized carbons (Fsp3) is 0.300. The highest BCUT2D eigenvalue weighted by atomic mass is 79.9. The molecule has 144 valence electrons. The van der Waals surface area contributed by atoms with Crippen LogP contribution in [-0.2, 0) is 14.3 Å². The van der Waals surface area contributed by atoms with Gasteiger partial charge in [0.2, 0.25) is 10.8 Å². The minimum atomic E-state index is -1.32. The molecule has 2 aromatic rings. The Balaban J connectivity index is 1.99. The molecule has 2 aromatic carbocycles. The number of alkyl halides is 1. The zero-order valence-electron chi connectivity index (χ0n) is 15.2. The number of benzene rings is 2. The maximum Gasteiger partial charge on any atom is 0.319 e. The summed E-state index contributed by atoms with van der Waals surface area (Å²) in [4.78, 5) is 24.5. The van der Waals surface area contributed by atoms with Gasteiger partial charge in [-0.25, -0.2) is 0 Å². The van der Waals surface area contributed by atoms with Crippen LogP contribution in [0.15, 0.2) is 48.5 Å². The SMILES string of the molecule is CCOC(=O)C(C)(C)C(=O)C(Br)Oc1ccc(Oc2ccc(Cl)cc2)cc1. The summed E-state index contributed by atoms with van der Waals surface area (Å²) in [6, 6.07) is 13.8. The number of halogens is 2. The van der Waals surface area contributed by atoms with Crippen molar-refractivity contribution in [3.8, 4) is 17.2 Å². The van der Waals surface area contributed by atoms with Crippen LogP contribution < -0.4 is 9.47 Å². The topological polar surface area (TPSA) is 61.8 Å². The Bertz CT molecular complexity index is 787. The molecular formula is C20H20BrClO5. The number of ketones is 1. The molecule has 0 aliphatic heterocycles. The number of ether oxygens (including phenoxy) is 3. The van der Waals surface area contributed by atoms with Crippen molar-refractivity contribution < 1.29 is 23.8 Å². The van der Waals surface area contributed by atoms with Crippen molar-refractivity contribution >= 4 is 39.3 Å². The molecule has 2 rings (SSSR count). The van der Waals surface area contributed by atoms with Crippen LogP contribution in [0.25, 0.3) is 0 Å². The highest BCUT2D eigenvalue weighted by Crippen LogP contribution is 2.28. The van der Waals surface area contributed by atoms with Crippen LogP contribution in [0.4, 0.5) is 0 Å². The molecule has 0 aliphatic carbocycles. The van der Waals surface area contributed by atoms with E-state index in [9.17, 15) is 9.59 Å². The van der Waals surface area contributed by atoms with Crippen molar-refractivity contribution in [2.24, 2.45) is 5.41 Å². The number of carbonyl (C=O) groups excluding carboxylic acids is 2. The number of rotatable bonds is 8. The van der Waals surface area contributed by atoms with E-state index in [0.29, 0.717) is 22.3 Å². The van der Waals surface area contributed by atoms with Crippen molar-refractivity contribution in [1.82, 2.24) is 0 Å². The Morgan fingerprint density at radius 2 is 1.48 bits per heavy atom. The van der Waals surface area contributed by atoms with Gasteiger partial charge < -0.3 is 14.2 Å². The van der Waals surface area contributed by atoms with Gasteiger partial charge in [0, 0.05) is 5.02 Å². The van der Waals surface area contributed by atoms with E-state index in [1.54, 1.807) is 55.5 Å². The van der Waals surface area contributed by atoms with Gasteiger partial charge in [0.25, 0.3) is 0 Å². The summed E-state index contributed by atoms with van der Waals surface area (Å²) in [5.41, 5.74) is -1.32. The van der Waals surface area contributed by atoms with E-state index >= 15 is 0 Å². The normalized spacial score (nSPS) is 12.2. The number of Topliss-reactive ketones (excluding diaryl/α,β-unsaturated/α-hetero) is 1. The molecule has 0 radical (unpaired) electrons. The molecular weight excluding hydrogens is 436 g/mol. The Hall–Kier alpha value is -2.05. The summed E-state index contributed by atoms with van der Waals surface area (Å²) in [5.74, 6) is 0.692.